The summed E-state index contributed by atoms with van der Waals surface area (Å²) in [5, 5.41) is 21.3. The van der Waals surface area contributed by atoms with Crippen LogP contribution in [0.2, 0.25) is 0 Å². The molecule has 4 saturated heterocycles. The maximum atomic E-state index is 14.7. The van der Waals surface area contributed by atoms with E-state index in [1.54, 1.807) is 33.3 Å². The first-order valence-electron chi connectivity index (χ1n) is 24.5. The summed E-state index contributed by atoms with van der Waals surface area (Å²) < 4.78 is 75.1. The third kappa shape index (κ3) is 11.1. The first kappa shape index (κ1) is 52.3. The van der Waals surface area contributed by atoms with Crippen LogP contribution in [0.5, 0.6) is 0 Å². The lowest BCUT2D eigenvalue weighted by Gasteiger charge is -2.48. The van der Waals surface area contributed by atoms with Crippen LogP contribution in [0.15, 0.2) is 71.9 Å². The predicted octanol–water partition coefficient (Wildman–Crippen LogP) is 7.38. The molecule has 2 bridgehead atoms. The Balaban J connectivity index is 1.21. The Morgan fingerprint density at radius 1 is 0.985 bits per heavy atom. The van der Waals surface area contributed by atoms with E-state index in [2.05, 4.69) is 39.5 Å². The second-order valence-electron chi connectivity index (χ2n) is 19.8. The summed E-state index contributed by atoms with van der Waals surface area (Å²) in [6.45, 7) is 19.5. The first-order valence-corrected chi connectivity index (χ1v) is 24.5. The van der Waals surface area contributed by atoms with Gasteiger partial charge in [0.05, 0.1) is 48.9 Å². The van der Waals surface area contributed by atoms with Crippen molar-refractivity contribution in [1.82, 2.24) is 0 Å². The average molecular weight is 954 g/mol. The van der Waals surface area contributed by atoms with Gasteiger partial charge in [-0.25, -0.2) is 4.79 Å². The maximum absolute atomic E-state index is 14.7. The number of hydrogen-bond acceptors (Lipinski definition) is 16. The third-order valence-electron chi connectivity index (χ3n) is 14.9. The quantitative estimate of drug-likeness (QED) is 0.154. The van der Waals surface area contributed by atoms with E-state index in [4.69, 9.17) is 62.3 Å². The van der Waals surface area contributed by atoms with Crippen LogP contribution in [0, 0.1) is 29.1 Å². The predicted molar refractivity (Wildman–Crippen MR) is 249 cm³/mol. The van der Waals surface area contributed by atoms with E-state index in [-0.39, 0.29) is 43.5 Å². The van der Waals surface area contributed by atoms with Crippen LogP contribution in [-0.2, 0) is 61.6 Å². The summed E-state index contributed by atoms with van der Waals surface area (Å²) in [5.74, 6) is -2.86. The zero-order valence-electron chi connectivity index (χ0n) is 41.5. The molecule has 7 rings (SSSR count). The van der Waals surface area contributed by atoms with Crippen LogP contribution in [0.1, 0.15) is 93.9 Å². The Labute approximate surface area is 401 Å². The van der Waals surface area contributed by atoms with E-state index < -0.39 is 103 Å². The number of ether oxygens (including phenoxy) is 12. The molecule has 1 aliphatic carbocycles. The molecular weight excluding hydrogens is 879 g/mol. The average Bonchev–Trinajstić information content (AvgIpc) is 3.65. The first-order chi connectivity index (χ1) is 32.4. The van der Waals surface area contributed by atoms with Gasteiger partial charge in [-0.1, -0.05) is 83.2 Å². The Bertz CT molecular complexity index is 1980. The van der Waals surface area contributed by atoms with Gasteiger partial charge in [0, 0.05) is 51.7 Å². The molecule has 6 aliphatic heterocycles. The van der Waals surface area contributed by atoms with E-state index in [1.165, 1.54) is 6.08 Å². The Kier molecular flexibility index (Phi) is 17.1. The molecule has 1 spiro atoms. The zero-order valence-corrected chi connectivity index (χ0v) is 41.5. The second-order valence-corrected chi connectivity index (χ2v) is 19.8. The molecule has 7 aliphatic rings. The SMILES string of the molecule is C=CCOC(=O)O[C@@H]1C(C)=C[C@H]2C(=O)O[C@H]3C[C@@H](C/C=C(\C)[C@@H](O[C@H]4C[C@H](OC)[C@@H](O[C@H]5C[C@H](OC)C(=N)[C@H](C)O5)[C@H](C)O4)[C@@H](C)/C=C/C=C4\CO[C@H]1[C@@]42O)O[C@@]1(C=C[C@H](C)[C@@H]([C@@H](C)CC)O1)C3. The minimum absolute atomic E-state index is 0.0452. The van der Waals surface area contributed by atoms with Crippen molar-refractivity contribution in [2.75, 3.05) is 27.4 Å². The highest BCUT2D eigenvalue weighted by molar-refractivity contribution is 5.90. The summed E-state index contributed by atoms with van der Waals surface area (Å²) in [5.41, 5.74) is 0.276. The number of allylic oxidation sites excluding steroid dienone is 2. The van der Waals surface area contributed by atoms with E-state index >= 15 is 0 Å². The van der Waals surface area contributed by atoms with Crippen LogP contribution in [0.25, 0.3) is 0 Å². The molecule has 378 valence electrons. The highest BCUT2D eigenvalue weighted by Crippen LogP contribution is 2.48. The number of hydrogen-bond donors (Lipinski definition) is 2. The van der Waals surface area contributed by atoms with Crippen LogP contribution in [0.3, 0.4) is 0 Å². The third-order valence-corrected chi connectivity index (χ3v) is 14.9. The zero-order chi connectivity index (χ0) is 49.1. The minimum Gasteiger partial charge on any atom is -0.462 e. The molecule has 0 aromatic heterocycles. The van der Waals surface area contributed by atoms with Crippen LogP contribution in [-0.4, -0.2) is 141 Å². The van der Waals surface area contributed by atoms with Gasteiger partial charge < -0.3 is 67.4 Å². The van der Waals surface area contributed by atoms with E-state index in [9.17, 15) is 14.7 Å². The Morgan fingerprint density at radius 3 is 2.47 bits per heavy atom. The molecule has 0 aromatic rings. The molecule has 4 fully saturated rings. The van der Waals surface area contributed by atoms with Gasteiger partial charge in [-0.15, -0.1) is 0 Å². The summed E-state index contributed by atoms with van der Waals surface area (Å²) >= 11 is 0. The van der Waals surface area contributed by atoms with Crippen molar-refractivity contribution in [3.8, 4) is 0 Å². The van der Waals surface area contributed by atoms with E-state index in [1.807, 2.05) is 45.9 Å². The largest absolute Gasteiger partial charge is 0.509 e. The highest BCUT2D eigenvalue weighted by Gasteiger charge is 2.61. The molecule has 0 radical (unpaired) electrons. The van der Waals surface area contributed by atoms with Gasteiger partial charge in [-0.2, -0.15) is 0 Å². The lowest BCUT2D eigenvalue weighted by Crippen LogP contribution is -2.59. The minimum atomic E-state index is -1.95. The van der Waals surface area contributed by atoms with Crippen LogP contribution in [0.4, 0.5) is 4.79 Å². The number of nitrogens with one attached hydrogen (secondary N) is 1. The monoisotopic (exact) mass is 954 g/mol. The van der Waals surface area contributed by atoms with E-state index in [0.717, 1.165) is 12.0 Å². The summed E-state index contributed by atoms with van der Waals surface area (Å²) in [7, 11) is 3.23. The number of fused-ring (bicyclic) bond motifs is 2. The van der Waals surface area contributed by atoms with Crippen molar-refractivity contribution in [2.24, 2.45) is 23.7 Å². The van der Waals surface area contributed by atoms with Gasteiger partial charge in [0.1, 0.15) is 42.5 Å². The topological polar surface area (TPSA) is 189 Å². The molecule has 0 amide bonds. The van der Waals surface area contributed by atoms with Crippen molar-refractivity contribution in [3.05, 3.63) is 71.9 Å². The van der Waals surface area contributed by atoms with Crippen molar-refractivity contribution in [1.29, 1.82) is 5.41 Å². The molecule has 0 saturated carbocycles. The van der Waals surface area contributed by atoms with Crippen molar-refractivity contribution in [3.63, 3.8) is 0 Å². The normalized spacial score (nSPS) is 44.5. The Hall–Kier alpha value is -3.55. The lowest BCUT2D eigenvalue weighted by atomic mass is 9.70. The van der Waals surface area contributed by atoms with Crippen molar-refractivity contribution in [2.45, 2.75) is 185 Å². The van der Waals surface area contributed by atoms with Crippen molar-refractivity contribution < 1.29 is 71.5 Å². The standard InChI is InChI=1S/C52H75NO15/c1-12-21-59-50(55)66-46-32(7)22-38-49(54)63-37-23-36(67-51(26-37)20-19-31(6)45(68-51)28(3)13-2)18-17-30(5)44(29(4)15-14-16-35-27-60-48(46)52(35,38)56)64-42-25-40(58-11)47(34(9)62-42)65-41-24-39(57-10)43(53)33(8)61-41/h12,14-17,19-20,22,28-29,31,33-34,36-42,44-48,53,56H,1,13,18,21,23-27H2,2-11H3/b15-14+,30-17+,35-16+,53-43?/t28-,29-,31-,33-,34-,36+,37-,38-,39-,40-,41-,42-,44-,45+,46+,47-,48+,51+,52+/m0/s1. The van der Waals surface area contributed by atoms with Gasteiger partial charge in [0.25, 0.3) is 0 Å². The number of methoxy groups -OCH3 is 2. The molecule has 2 N–H and O–H groups in total. The smallest absolute Gasteiger partial charge is 0.462 e. The number of aliphatic hydroxyl groups is 1. The van der Waals surface area contributed by atoms with Gasteiger partial charge in [0.2, 0.25) is 0 Å². The maximum Gasteiger partial charge on any atom is 0.509 e. The van der Waals surface area contributed by atoms with Crippen LogP contribution < -0.4 is 0 Å². The molecule has 0 unspecified atom stereocenters. The molecular formula is C52H75NO15. The summed E-state index contributed by atoms with van der Waals surface area (Å²) in [6, 6.07) is 0. The van der Waals surface area contributed by atoms with Crippen LogP contribution >= 0.6 is 0 Å². The number of esters is 1. The molecule has 16 heteroatoms. The molecule has 6 heterocycles. The van der Waals surface area contributed by atoms with Gasteiger partial charge in [-0.3, -0.25) is 4.79 Å². The second kappa shape index (κ2) is 22.3. The highest BCUT2D eigenvalue weighted by atomic mass is 16.7. The van der Waals surface area contributed by atoms with E-state index in [0.29, 0.717) is 42.5 Å². The molecule has 16 nitrogen and oxygen atoms in total. The summed E-state index contributed by atoms with van der Waals surface area (Å²) in [4.78, 5) is 27.5. The number of carbonyl (C=O) groups excluding carboxylic acids is 2. The number of rotatable bonds is 11. The van der Waals surface area contributed by atoms with Crippen molar-refractivity contribution >= 4 is 17.8 Å². The summed E-state index contributed by atoms with van der Waals surface area (Å²) in [6.07, 6.45) is 9.22. The van der Waals surface area contributed by atoms with Gasteiger partial charge in [0.15, 0.2) is 24.5 Å². The molecule has 0 aromatic carbocycles. The Morgan fingerprint density at radius 2 is 1.75 bits per heavy atom. The molecule has 19 atom stereocenters. The molecule has 68 heavy (non-hydrogen) atoms. The fourth-order valence-electron chi connectivity index (χ4n) is 10.9. The van der Waals surface area contributed by atoms with Gasteiger partial charge in [-0.05, 0) is 62.8 Å². The fraction of sp³-hybridized carbons (Fsp3) is 0.712. The lowest BCUT2D eigenvalue weighted by molar-refractivity contribution is -0.302. The fourth-order valence-corrected chi connectivity index (χ4v) is 10.9. The van der Waals surface area contributed by atoms with Gasteiger partial charge >= 0.3 is 12.1 Å². The number of carbonyl (C=O) groups is 2.